The number of para-hydroxylation sites is 1. The van der Waals surface area contributed by atoms with Crippen molar-refractivity contribution in [1.82, 2.24) is 20.5 Å². The number of fused-ring (bicyclic) bond motifs is 3. The summed E-state index contributed by atoms with van der Waals surface area (Å²) in [4.78, 5) is 41.3. The van der Waals surface area contributed by atoms with Gasteiger partial charge in [0.05, 0.1) is 32.8 Å². The number of carbonyl (C=O) groups is 3. The molecule has 4 heterocycles. The Hall–Kier alpha value is -4.26. The van der Waals surface area contributed by atoms with Gasteiger partial charge in [-0.15, -0.1) is 11.3 Å². The quantitative estimate of drug-likeness (QED) is 0.129. The van der Waals surface area contributed by atoms with E-state index in [4.69, 9.17) is 20.6 Å². The molecule has 0 radical (unpaired) electrons. The third-order valence-corrected chi connectivity index (χ3v) is 8.11. The van der Waals surface area contributed by atoms with Crippen LogP contribution in [-0.4, -0.2) is 72.1 Å². The van der Waals surface area contributed by atoms with Gasteiger partial charge in [0.1, 0.15) is 5.84 Å². The van der Waals surface area contributed by atoms with Gasteiger partial charge in [-0.2, -0.15) is 0 Å². The minimum Gasteiger partial charge on any atom is -0.384 e. The number of nitrogens with zero attached hydrogens (tertiary/aromatic N) is 1. The van der Waals surface area contributed by atoms with Gasteiger partial charge in [-0.3, -0.25) is 19.8 Å². The van der Waals surface area contributed by atoms with Crippen molar-refractivity contribution >= 4 is 57.2 Å². The summed E-state index contributed by atoms with van der Waals surface area (Å²) in [5.41, 5.74) is 8.42. The average molecular weight is 577 g/mol. The topological polar surface area (TPSA) is 163 Å². The average Bonchev–Trinajstić information content (AvgIpc) is 3.76. The van der Waals surface area contributed by atoms with Crippen molar-refractivity contribution in [2.45, 2.75) is 31.7 Å². The number of hydrogen-bond donors (Lipinski definition) is 5. The highest BCUT2D eigenvalue weighted by molar-refractivity contribution is 7.10. The van der Waals surface area contributed by atoms with Crippen molar-refractivity contribution < 1.29 is 23.9 Å². The summed E-state index contributed by atoms with van der Waals surface area (Å²) in [6.45, 7) is 3.95. The number of H-pyrrole nitrogens is 1. The number of amidine groups is 1. The van der Waals surface area contributed by atoms with Gasteiger partial charge < -0.3 is 35.7 Å². The molecule has 1 atom stereocenters. The van der Waals surface area contributed by atoms with Crippen LogP contribution < -0.4 is 16.4 Å². The molecule has 2 aliphatic heterocycles. The van der Waals surface area contributed by atoms with Gasteiger partial charge in [-0.25, -0.2) is 0 Å². The summed E-state index contributed by atoms with van der Waals surface area (Å²) < 4.78 is 11.4. The fourth-order valence-electron chi connectivity index (χ4n) is 5.19. The number of aromatic nitrogens is 1. The van der Waals surface area contributed by atoms with Gasteiger partial charge in [0, 0.05) is 55.7 Å². The molecule has 2 fully saturated rings. The molecule has 41 heavy (non-hydrogen) atoms. The Bertz CT molecular complexity index is 1590. The first-order valence-corrected chi connectivity index (χ1v) is 14.1. The number of rotatable bonds is 7. The summed E-state index contributed by atoms with van der Waals surface area (Å²) in [6.07, 6.45) is 1.30. The number of carbonyl (C=O) groups excluding carboxylic acids is 3. The van der Waals surface area contributed by atoms with Crippen LogP contribution in [0.4, 0.5) is 0 Å². The monoisotopic (exact) mass is 576 g/mol. The number of ether oxygens (including phenoxy) is 2. The van der Waals surface area contributed by atoms with Crippen molar-refractivity contribution in [2.75, 3.05) is 26.3 Å². The van der Waals surface area contributed by atoms with Crippen molar-refractivity contribution in [3.05, 3.63) is 69.9 Å². The lowest BCUT2D eigenvalue weighted by molar-refractivity contribution is -0.152. The molecule has 12 heteroatoms. The second kappa shape index (κ2) is 12.1. The summed E-state index contributed by atoms with van der Waals surface area (Å²) in [5, 5.41) is 16.4. The normalized spacial score (nSPS) is 17.4. The zero-order valence-corrected chi connectivity index (χ0v) is 23.4. The summed E-state index contributed by atoms with van der Waals surface area (Å²) in [6, 6.07) is 15.4. The number of nitrogen functional groups attached to an aromatic ring is 1. The van der Waals surface area contributed by atoms with Crippen LogP contribution in [0.2, 0.25) is 0 Å². The number of aromatic amines is 1. The fraction of sp³-hybridized carbons (Fsp3) is 0.310. The molecule has 11 nitrogen and oxygen atoms in total. The Morgan fingerprint density at radius 1 is 1.15 bits per heavy atom. The van der Waals surface area contributed by atoms with Crippen molar-refractivity contribution in [3.63, 3.8) is 0 Å². The number of amides is 3. The Kier molecular flexibility index (Phi) is 8.34. The molecule has 0 bridgehead atoms. The second-order valence-corrected chi connectivity index (χ2v) is 11.0. The number of benzene rings is 2. The van der Waals surface area contributed by atoms with E-state index in [1.165, 1.54) is 11.3 Å². The number of hydrogen-bond acceptors (Lipinski definition) is 7. The largest absolute Gasteiger partial charge is 0.384 e. The maximum Gasteiger partial charge on any atom is 0.251 e. The molecule has 2 aromatic heterocycles. The Morgan fingerprint density at radius 2 is 1.90 bits per heavy atom. The lowest BCUT2D eigenvalue weighted by atomic mass is 10.1. The Morgan fingerprint density at radius 3 is 2.63 bits per heavy atom. The Labute approximate surface area is 240 Å². The van der Waals surface area contributed by atoms with Crippen LogP contribution in [0.25, 0.3) is 21.8 Å². The van der Waals surface area contributed by atoms with Gasteiger partial charge in [0.25, 0.3) is 5.91 Å². The van der Waals surface area contributed by atoms with Crippen LogP contribution in [0.15, 0.2) is 53.9 Å². The van der Waals surface area contributed by atoms with Crippen LogP contribution in [0.1, 0.15) is 34.1 Å². The SMILES string of the molecule is CC1CC2(CN1C(=O)CNC(=O)c1ccc3c(c1)[nH]c1ccccc13)OCCO2.N=C(N)c1csc(CNC=O)c1. The van der Waals surface area contributed by atoms with Crippen LogP contribution >= 0.6 is 11.3 Å². The third kappa shape index (κ3) is 6.24. The van der Waals surface area contributed by atoms with E-state index >= 15 is 0 Å². The van der Waals surface area contributed by atoms with E-state index < -0.39 is 5.79 Å². The lowest BCUT2D eigenvalue weighted by Crippen LogP contribution is -2.43. The second-order valence-electron chi connectivity index (χ2n) is 10.0. The first-order chi connectivity index (χ1) is 19.8. The maximum atomic E-state index is 12.7. The van der Waals surface area contributed by atoms with Crippen LogP contribution in [0.3, 0.4) is 0 Å². The van der Waals surface area contributed by atoms with Crippen molar-refractivity contribution in [2.24, 2.45) is 5.73 Å². The lowest BCUT2D eigenvalue weighted by Gasteiger charge is -2.23. The minimum atomic E-state index is -0.667. The van der Waals surface area contributed by atoms with E-state index in [0.717, 1.165) is 26.7 Å². The standard InChI is InChI=1S/C22H23N3O4.C7H9N3OS/c1-14-11-22(28-8-9-29-22)13-25(14)20(26)12-23-21(27)15-6-7-17-16-4-2-3-5-18(16)24-19(17)10-15;8-7(9)5-1-6(12-3-5)2-10-4-11/h2-7,10,14,24H,8-9,11-13H2,1H3,(H,23,27);1,3-4H,2H2,(H3,8,9)(H,10,11). The van der Waals surface area contributed by atoms with Gasteiger partial charge >= 0.3 is 0 Å². The smallest absolute Gasteiger partial charge is 0.251 e. The van der Waals surface area contributed by atoms with E-state index in [2.05, 4.69) is 15.6 Å². The zero-order valence-electron chi connectivity index (χ0n) is 22.6. The van der Waals surface area contributed by atoms with E-state index in [-0.39, 0.29) is 30.2 Å². The molecule has 2 aliphatic rings. The van der Waals surface area contributed by atoms with Gasteiger partial charge in [-0.1, -0.05) is 24.3 Å². The minimum absolute atomic E-state index is 0.0141. The van der Waals surface area contributed by atoms with E-state index in [1.54, 1.807) is 22.4 Å². The first-order valence-electron chi connectivity index (χ1n) is 13.2. The number of nitrogens with one attached hydrogen (secondary N) is 4. The predicted octanol–water partition coefficient (Wildman–Crippen LogP) is 2.69. The predicted molar refractivity (Wildman–Crippen MR) is 157 cm³/mol. The van der Waals surface area contributed by atoms with Gasteiger partial charge in [0.15, 0.2) is 5.79 Å². The molecule has 2 aromatic carbocycles. The highest BCUT2D eigenvalue weighted by Crippen LogP contribution is 2.34. The molecule has 6 N–H and O–H groups in total. The van der Waals surface area contributed by atoms with Gasteiger partial charge in [0.2, 0.25) is 12.3 Å². The van der Waals surface area contributed by atoms with Crippen molar-refractivity contribution in [1.29, 1.82) is 5.41 Å². The fourth-order valence-corrected chi connectivity index (χ4v) is 6.03. The van der Waals surface area contributed by atoms with E-state index in [0.29, 0.717) is 50.3 Å². The molecule has 4 aromatic rings. The molecule has 214 valence electrons. The molecule has 3 amide bonds. The first kappa shape index (κ1) is 28.3. The van der Waals surface area contributed by atoms with Crippen LogP contribution in [-0.2, 0) is 25.6 Å². The molecule has 1 unspecified atom stereocenters. The molecule has 1 spiro atoms. The van der Waals surface area contributed by atoms with E-state index in [9.17, 15) is 14.4 Å². The third-order valence-electron chi connectivity index (χ3n) is 7.18. The molecule has 0 saturated carbocycles. The molecule has 6 rings (SSSR count). The summed E-state index contributed by atoms with van der Waals surface area (Å²) >= 11 is 1.48. The molecular weight excluding hydrogens is 544 g/mol. The van der Waals surface area contributed by atoms with Crippen LogP contribution in [0, 0.1) is 5.41 Å². The molecular formula is C29H32N6O5S. The maximum absolute atomic E-state index is 12.7. The highest BCUT2D eigenvalue weighted by atomic mass is 32.1. The summed E-state index contributed by atoms with van der Waals surface area (Å²) in [7, 11) is 0. The summed E-state index contributed by atoms with van der Waals surface area (Å²) in [5.74, 6) is -1.01. The van der Waals surface area contributed by atoms with Gasteiger partial charge in [-0.05, 0) is 31.2 Å². The number of nitrogens with two attached hydrogens (primary N) is 1. The van der Waals surface area contributed by atoms with Crippen LogP contribution in [0.5, 0.6) is 0 Å². The highest BCUT2D eigenvalue weighted by Gasteiger charge is 2.48. The molecule has 2 saturated heterocycles. The molecule has 0 aliphatic carbocycles. The van der Waals surface area contributed by atoms with Crippen molar-refractivity contribution in [3.8, 4) is 0 Å². The number of thiophene rings is 1. The zero-order chi connectivity index (χ0) is 29.0. The number of likely N-dealkylation sites (tertiary alicyclic amines) is 1. The Balaban J connectivity index is 0.000000237. The van der Waals surface area contributed by atoms with E-state index in [1.807, 2.05) is 43.3 Å².